The van der Waals surface area contributed by atoms with Gasteiger partial charge in [0, 0.05) is 34.1 Å². The second-order valence-electron chi connectivity index (χ2n) is 16.4. The molecule has 10 rings (SSSR count). The lowest BCUT2D eigenvalue weighted by molar-refractivity contribution is 0.415. The first kappa shape index (κ1) is 55.8. The summed E-state index contributed by atoms with van der Waals surface area (Å²) < 4.78 is 10.9. The Morgan fingerprint density at radius 1 is 0.320 bits per heavy atom. The Kier molecular flexibility index (Phi) is 21.3. The number of rotatable bonds is 12. The molecular weight excluding hydrogens is 1170 g/mol. The molecule has 10 aromatic carbocycles. The largest absolute Gasteiger partial charge is 0.508 e. The van der Waals surface area contributed by atoms with E-state index in [0.717, 1.165) is 73.4 Å². The Hall–Kier alpha value is -6.92. The van der Waals surface area contributed by atoms with Gasteiger partial charge in [-0.25, -0.2) is 0 Å². The van der Waals surface area contributed by atoms with Crippen molar-refractivity contribution in [3.8, 4) is 67.5 Å². The molecule has 0 aromatic heterocycles. The molecule has 0 spiro atoms. The molecular formula is C63H52BBr3Cl2N2O4. The minimum atomic E-state index is 0.194. The van der Waals surface area contributed by atoms with Crippen LogP contribution >= 0.6 is 70.5 Å². The topological polar surface area (TPSA) is 65.4 Å². The number of anilines is 6. The van der Waals surface area contributed by atoms with Crippen molar-refractivity contribution < 1.29 is 19.7 Å². The Bertz CT molecular complexity index is 3230. The third-order valence-electron chi connectivity index (χ3n) is 11.8. The van der Waals surface area contributed by atoms with E-state index >= 15 is 0 Å². The lowest BCUT2D eigenvalue weighted by atomic mass is 10.0. The van der Waals surface area contributed by atoms with Gasteiger partial charge in [0.1, 0.15) is 23.0 Å². The SMILES string of the molecule is BrB(Br)Br.COc1ccc(-c2ccc(N(c3ccc(OC)cc3)c3ccc(-c4ccccc4)cc3)cc2)cc1.ClCCl.Oc1ccc(-c2ccc(N(c3ccc(O)cc3)c3ccc(-c4ccccc4)cc3)cc2)cc1. The number of benzene rings is 10. The van der Waals surface area contributed by atoms with Crippen LogP contribution in [0, 0.1) is 0 Å². The predicted molar refractivity (Wildman–Crippen MR) is 330 cm³/mol. The third kappa shape index (κ3) is 16.0. The molecule has 0 amide bonds. The molecule has 0 saturated carbocycles. The summed E-state index contributed by atoms with van der Waals surface area (Å²) in [6, 6.07) is 85.6. The molecule has 376 valence electrons. The molecule has 0 bridgehead atoms. The van der Waals surface area contributed by atoms with E-state index in [2.05, 4.69) is 215 Å². The maximum atomic E-state index is 9.79. The number of halogens is 5. The summed E-state index contributed by atoms with van der Waals surface area (Å²) in [5.74, 6) is 2.19. The van der Waals surface area contributed by atoms with Gasteiger partial charge in [0.05, 0.1) is 19.6 Å². The van der Waals surface area contributed by atoms with Gasteiger partial charge in [-0.15, -0.1) is 70.5 Å². The molecule has 0 saturated heterocycles. The van der Waals surface area contributed by atoms with Crippen LogP contribution in [0.3, 0.4) is 0 Å². The van der Waals surface area contributed by atoms with Crippen LogP contribution in [-0.2, 0) is 0 Å². The molecule has 0 atom stereocenters. The van der Waals surface area contributed by atoms with Crippen LogP contribution in [0.1, 0.15) is 0 Å². The number of alkyl halides is 2. The summed E-state index contributed by atoms with van der Waals surface area (Å²) in [5.41, 5.74) is 15.4. The zero-order valence-electron chi connectivity index (χ0n) is 41.0. The molecule has 6 nitrogen and oxygen atoms in total. The third-order valence-corrected chi connectivity index (χ3v) is 11.8. The van der Waals surface area contributed by atoms with E-state index in [1.807, 2.05) is 72.8 Å². The van der Waals surface area contributed by atoms with E-state index in [-0.39, 0.29) is 20.0 Å². The highest BCUT2D eigenvalue weighted by Crippen LogP contribution is 2.39. The van der Waals surface area contributed by atoms with Crippen LogP contribution in [0.5, 0.6) is 23.0 Å². The Balaban J connectivity index is 0.000000195. The van der Waals surface area contributed by atoms with Crippen molar-refractivity contribution in [1.29, 1.82) is 0 Å². The van der Waals surface area contributed by atoms with Crippen molar-refractivity contribution in [1.82, 2.24) is 0 Å². The summed E-state index contributed by atoms with van der Waals surface area (Å²) in [7, 11) is 3.37. The zero-order valence-corrected chi connectivity index (χ0v) is 47.3. The van der Waals surface area contributed by atoms with Crippen LogP contribution in [0.15, 0.2) is 255 Å². The lowest BCUT2D eigenvalue weighted by Gasteiger charge is -2.26. The van der Waals surface area contributed by atoms with Crippen molar-refractivity contribution in [3.63, 3.8) is 0 Å². The van der Waals surface area contributed by atoms with Crippen molar-refractivity contribution in [2.75, 3.05) is 29.4 Å². The number of aromatic hydroxyl groups is 2. The summed E-state index contributed by atoms with van der Waals surface area (Å²) in [4.78, 5) is 4.42. The van der Waals surface area contributed by atoms with Crippen LogP contribution in [-0.4, -0.2) is 33.0 Å². The normalized spacial score (nSPS) is 10.2. The average Bonchev–Trinajstić information content (AvgIpc) is 3.46. The van der Waals surface area contributed by atoms with Gasteiger partial charge in [0.25, 0.3) is 0 Å². The lowest BCUT2D eigenvalue weighted by Crippen LogP contribution is -2.09. The quantitative estimate of drug-likeness (QED) is 0.0939. The summed E-state index contributed by atoms with van der Waals surface area (Å²) in [6.45, 7) is 0. The highest BCUT2D eigenvalue weighted by Gasteiger charge is 2.15. The number of ether oxygens (including phenoxy) is 2. The van der Waals surface area contributed by atoms with E-state index in [1.54, 1.807) is 38.5 Å². The second-order valence-corrected chi connectivity index (χ2v) is 23.7. The summed E-state index contributed by atoms with van der Waals surface area (Å²) in [6.07, 6.45) is 0. The fourth-order valence-electron chi connectivity index (χ4n) is 8.14. The van der Waals surface area contributed by atoms with Crippen molar-refractivity contribution >= 4 is 108 Å². The predicted octanol–water partition coefficient (Wildman–Crippen LogP) is 20.0. The van der Waals surface area contributed by atoms with Crippen LogP contribution in [0.2, 0.25) is 0 Å². The van der Waals surface area contributed by atoms with E-state index in [0.29, 0.717) is 0 Å². The number of phenols is 2. The van der Waals surface area contributed by atoms with Gasteiger partial charge < -0.3 is 29.5 Å². The highest BCUT2D eigenvalue weighted by atomic mass is 79.9. The van der Waals surface area contributed by atoms with E-state index in [9.17, 15) is 10.2 Å². The molecule has 0 aliphatic carbocycles. The second kappa shape index (κ2) is 28.7. The standard InChI is InChI=1S/C32H27NO2.C30H23NO2.CH2Cl2.BBr3/c1-34-31-20-12-27(13-21-31)26-10-16-29(17-11-26)33(30-18-22-32(35-2)23-19-30)28-14-8-25(9-15-28)24-6-4-3-5-7-24;32-29-18-10-25(11-19-29)24-8-14-27(15-9-24)31(28-16-20-30(33)21-17-28)26-12-6-23(7-13-26)22-4-2-1-3-5-22;2-1-3;2-1(3)4/h3-23H,1-2H3;1-21,32-33H;1H2;. The van der Waals surface area contributed by atoms with E-state index in [1.165, 1.54) is 16.7 Å². The molecule has 2 N–H and O–H groups in total. The molecule has 75 heavy (non-hydrogen) atoms. The van der Waals surface area contributed by atoms with Crippen molar-refractivity contribution in [3.05, 3.63) is 255 Å². The fourth-order valence-corrected chi connectivity index (χ4v) is 8.14. The molecule has 12 heteroatoms. The van der Waals surface area contributed by atoms with E-state index in [4.69, 9.17) is 32.7 Å². The van der Waals surface area contributed by atoms with Crippen molar-refractivity contribution in [2.45, 2.75) is 0 Å². The van der Waals surface area contributed by atoms with E-state index < -0.39 is 0 Å². The Labute approximate surface area is 475 Å². The van der Waals surface area contributed by atoms with Gasteiger partial charge in [0.2, 0.25) is 0 Å². The maximum Gasteiger partial charge on any atom is 0.369 e. The number of phenolic OH excluding ortho intramolecular Hbond substituents is 2. The first-order valence-electron chi connectivity index (χ1n) is 23.6. The minimum absolute atomic E-state index is 0.194. The van der Waals surface area contributed by atoms with Crippen molar-refractivity contribution in [2.24, 2.45) is 0 Å². The maximum absolute atomic E-state index is 9.79. The average molecular weight is 1220 g/mol. The van der Waals surface area contributed by atoms with Gasteiger partial charge in [-0.3, -0.25) is 0 Å². The summed E-state index contributed by atoms with van der Waals surface area (Å²) >= 11 is 18.8. The minimum Gasteiger partial charge on any atom is -0.508 e. The molecule has 0 unspecified atom stereocenters. The molecule has 0 aliphatic rings. The Morgan fingerprint density at radius 3 is 0.747 bits per heavy atom. The van der Waals surface area contributed by atoms with Crippen LogP contribution in [0.25, 0.3) is 44.5 Å². The zero-order chi connectivity index (χ0) is 52.9. The monoisotopic (exact) mass is 1220 g/mol. The highest BCUT2D eigenvalue weighted by molar-refractivity contribution is 9.69. The number of hydrogen-bond donors (Lipinski definition) is 2. The van der Waals surface area contributed by atoms with Gasteiger partial charge in [-0.05, 0) is 166 Å². The van der Waals surface area contributed by atoms with Crippen LogP contribution < -0.4 is 19.3 Å². The van der Waals surface area contributed by atoms with Gasteiger partial charge in [0.15, 0.2) is 0 Å². The Morgan fingerprint density at radius 2 is 0.493 bits per heavy atom. The number of hydrogen-bond acceptors (Lipinski definition) is 6. The molecule has 0 radical (unpaired) electrons. The molecule has 10 aromatic rings. The fraction of sp³-hybridized carbons (Fsp3) is 0.0476. The van der Waals surface area contributed by atoms with Gasteiger partial charge >= 0.3 is 3.18 Å². The first-order valence-corrected chi connectivity index (χ1v) is 27.4. The molecule has 0 heterocycles. The summed E-state index contributed by atoms with van der Waals surface area (Å²) in [5, 5.41) is 19.5. The van der Waals surface area contributed by atoms with Gasteiger partial charge in [-0.2, -0.15) is 0 Å². The molecule has 0 aliphatic heterocycles. The first-order chi connectivity index (χ1) is 36.6. The number of methoxy groups -OCH3 is 2. The molecule has 0 fully saturated rings. The van der Waals surface area contributed by atoms with Crippen LogP contribution in [0.4, 0.5) is 34.1 Å². The van der Waals surface area contributed by atoms with Gasteiger partial charge in [-0.1, -0.05) is 133 Å². The smallest absolute Gasteiger partial charge is 0.369 e. The number of nitrogens with zero attached hydrogens (tertiary/aromatic N) is 2.